The second-order valence-electron chi connectivity index (χ2n) is 6.51. The number of nitrogens with one attached hydrogen (secondary N) is 1. The van der Waals surface area contributed by atoms with E-state index in [1.54, 1.807) is 0 Å². The summed E-state index contributed by atoms with van der Waals surface area (Å²) in [6.07, 6.45) is 1.60. The van der Waals surface area contributed by atoms with E-state index in [-0.39, 0.29) is 24.7 Å². The second-order valence-corrected chi connectivity index (χ2v) is 6.51. The van der Waals surface area contributed by atoms with Crippen LogP contribution in [0.1, 0.15) is 46.0 Å². The molecule has 1 fully saturated rings. The van der Waals surface area contributed by atoms with Gasteiger partial charge in [0, 0.05) is 13.0 Å². The number of primary amides is 1. The molecule has 0 bridgehead atoms. The monoisotopic (exact) mass is 356 g/mol. The van der Waals surface area contributed by atoms with Crippen LogP contribution in [-0.4, -0.2) is 58.4 Å². The maximum atomic E-state index is 12.5. The third-order valence-electron chi connectivity index (χ3n) is 4.67. The standard InChI is InChI=1S/C16H28N4O5/c1-3-9(2)13(18)15(23)20-8-4-5-11(20)14(22)19-10(16(24)25)6-7-12(17)21/h9-11,13H,3-8,18H2,1-2H3,(H2,17,21)(H,19,22)(H,24,25)/t9-,10-,11-,13-/m0/s1. The Balaban J connectivity index is 2.76. The SMILES string of the molecule is CC[C@H](C)[C@H](N)C(=O)N1CCC[C@H]1C(=O)N[C@@H](CCC(N)=O)C(=O)O. The van der Waals surface area contributed by atoms with Crippen LogP contribution in [0.4, 0.5) is 0 Å². The van der Waals surface area contributed by atoms with E-state index >= 15 is 0 Å². The predicted octanol–water partition coefficient (Wildman–Crippen LogP) is -0.814. The molecule has 0 aliphatic carbocycles. The van der Waals surface area contributed by atoms with Crippen molar-refractivity contribution in [3.8, 4) is 0 Å². The van der Waals surface area contributed by atoms with Gasteiger partial charge in [0.1, 0.15) is 12.1 Å². The predicted molar refractivity (Wildman–Crippen MR) is 90.2 cm³/mol. The van der Waals surface area contributed by atoms with Gasteiger partial charge in [0.05, 0.1) is 6.04 Å². The lowest BCUT2D eigenvalue weighted by atomic mass is 9.98. The van der Waals surface area contributed by atoms with Crippen molar-refractivity contribution < 1.29 is 24.3 Å². The molecule has 0 spiro atoms. The third-order valence-corrected chi connectivity index (χ3v) is 4.67. The molecule has 9 nitrogen and oxygen atoms in total. The zero-order chi connectivity index (χ0) is 19.1. The Hall–Kier alpha value is -2.16. The maximum absolute atomic E-state index is 12.5. The van der Waals surface area contributed by atoms with Gasteiger partial charge in [-0.05, 0) is 25.2 Å². The number of likely N-dealkylation sites (tertiary alicyclic amines) is 1. The molecule has 4 atom stereocenters. The summed E-state index contributed by atoms with van der Waals surface area (Å²) < 4.78 is 0. The summed E-state index contributed by atoms with van der Waals surface area (Å²) in [6, 6.07) is -2.65. The molecular weight excluding hydrogens is 328 g/mol. The van der Waals surface area contributed by atoms with E-state index in [1.165, 1.54) is 4.90 Å². The van der Waals surface area contributed by atoms with Crippen LogP contribution >= 0.6 is 0 Å². The molecule has 0 aromatic carbocycles. The Morgan fingerprint density at radius 1 is 1.32 bits per heavy atom. The van der Waals surface area contributed by atoms with Crippen LogP contribution < -0.4 is 16.8 Å². The summed E-state index contributed by atoms with van der Waals surface area (Å²) in [7, 11) is 0. The lowest BCUT2D eigenvalue weighted by Gasteiger charge is -2.29. The highest BCUT2D eigenvalue weighted by atomic mass is 16.4. The van der Waals surface area contributed by atoms with E-state index in [1.807, 2.05) is 13.8 Å². The highest BCUT2D eigenvalue weighted by Gasteiger charge is 2.38. The van der Waals surface area contributed by atoms with E-state index in [2.05, 4.69) is 5.32 Å². The molecule has 1 heterocycles. The molecule has 3 amide bonds. The highest BCUT2D eigenvalue weighted by molar-refractivity contribution is 5.92. The number of carboxylic acid groups (broad SMARTS) is 1. The van der Waals surface area contributed by atoms with Gasteiger partial charge in [-0.3, -0.25) is 14.4 Å². The fourth-order valence-electron chi connectivity index (χ4n) is 2.80. The molecule has 6 N–H and O–H groups in total. The topological polar surface area (TPSA) is 156 Å². The van der Waals surface area contributed by atoms with Gasteiger partial charge in [-0.15, -0.1) is 0 Å². The summed E-state index contributed by atoms with van der Waals surface area (Å²) in [6.45, 7) is 4.22. The van der Waals surface area contributed by atoms with Crippen molar-refractivity contribution in [2.45, 2.75) is 64.1 Å². The number of hydrogen-bond donors (Lipinski definition) is 4. The summed E-state index contributed by atoms with van der Waals surface area (Å²) in [5.74, 6) is -2.74. The van der Waals surface area contributed by atoms with Crippen LogP contribution in [0.15, 0.2) is 0 Å². The van der Waals surface area contributed by atoms with Gasteiger partial charge in [0.2, 0.25) is 17.7 Å². The van der Waals surface area contributed by atoms with Crippen LogP contribution in [0, 0.1) is 5.92 Å². The van der Waals surface area contributed by atoms with Gasteiger partial charge < -0.3 is 26.8 Å². The fraction of sp³-hybridized carbons (Fsp3) is 0.750. The summed E-state index contributed by atoms with van der Waals surface area (Å²) in [5.41, 5.74) is 11.0. The van der Waals surface area contributed by atoms with Crippen LogP contribution in [-0.2, 0) is 19.2 Å². The molecule has 1 rings (SSSR count). The first kappa shape index (κ1) is 20.9. The van der Waals surface area contributed by atoms with Crippen molar-refractivity contribution in [2.24, 2.45) is 17.4 Å². The molecule has 0 saturated carbocycles. The molecule has 1 saturated heterocycles. The first-order chi connectivity index (χ1) is 11.7. The number of carbonyl (C=O) groups is 4. The average Bonchev–Trinajstić information content (AvgIpc) is 3.05. The van der Waals surface area contributed by atoms with Crippen molar-refractivity contribution in [3.63, 3.8) is 0 Å². The van der Waals surface area contributed by atoms with Gasteiger partial charge >= 0.3 is 5.97 Å². The quantitative estimate of drug-likeness (QED) is 0.423. The minimum absolute atomic E-state index is 0.0147. The molecule has 0 radical (unpaired) electrons. The van der Waals surface area contributed by atoms with Gasteiger partial charge in [-0.25, -0.2) is 4.79 Å². The number of aliphatic carboxylic acids is 1. The largest absolute Gasteiger partial charge is 0.480 e. The number of amides is 3. The van der Waals surface area contributed by atoms with Crippen LogP contribution in [0.2, 0.25) is 0 Å². The molecule has 1 aliphatic rings. The summed E-state index contributed by atoms with van der Waals surface area (Å²) in [5, 5.41) is 11.6. The normalized spacial score (nSPS) is 20.6. The van der Waals surface area contributed by atoms with Crippen molar-refractivity contribution in [1.82, 2.24) is 10.2 Å². The molecule has 0 unspecified atom stereocenters. The third kappa shape index (κ3) is 5.70. The maximum Gasteiger partial charge on any atom is 0.326 e. The van der Waals surface area contributed by atoms with E-state index < -0.39 is 35.9 Å². The Kier molecular flexibility index (Phi) is 7.82. The Morgan fingerprint density at radius 2 is 1.96 bits per heavy atom. The van der Waals surface area contributed by atoms with E-state index in [9.17, 15) is 24.3 Å². The molecule has 142 valence electrons. The number of hydrogen-bond acceptors (Lipinski definition) is 5. The average molecular weight is 356 g/mol. The van der Waals surface area contributed by atoms with E-state index in [0.717, 1.165) is 6.42 Å². The molecule has 25 heavy (non-hydrogen) atoms. The van der Waals surface area contributed by atoms with Crippen LogP contribution in [0.25, 0.3) is 0 Å². The summed E-state index contributed by atoms with van der Waals surface area (Å²) in [4.78, 5) is 48.5. The van der Waals surface area contributed by atoms with Crippen molar-refractivity contribution >= 4 is 23.7 Å². The van der Waals surface area contributed by atoms with Gasteiger partial charge in [-0.1, -0.05) is 20.3 Å². The first-order valence-corrected chi connectivity index (χ1v) is 8.56. The van der Waals surface area contributed by atoms with Crippen molar-refractivity contribution in [3.05, 3.63) is 0 Å². The van der Waals surface area contributed by atoms with Crippen molar-refractivity contribution in [2.75, 3.05) is 6.54 Å². The van der Waals surface area contributed by atoms with Gasteiger partial charge in [0.15, 0.2) is 0 Å². The zero-order valence-corrected chi connectivity index (χ0v) is 14.7. The van der Waals surface area contributed by atoms with E-state index in [0.29, 0.717) is 19.4 Å². The van der Waals surface area contributed by atoms with Gasteiger partial charge in [-0.2, -0.15) is 0 Å². The number of nitrogens with zero attached hydrogens (tertiary/aromatic N) is 1. The Bertz CT molecular complexity index is 525. The summed E-state index contributed by atoms with van der Waals surface area (Å²) >= 11 is 0. The first-order valence-electron chi connectivity index (χ1n) is 8.56. The highest BCUT2D eigenvalue weighted by Crippen LogP contribution is 2.20. The number of carbonyl (C=O) groups excluding carboxylic acids is 3. The molecular formula is C16H28N4O5. The molecule has 9 heteroatoms. The minimum Gasteiger partial charge on any atom is -0.480 e. The minimum atomic E-state index is -1.25. The van der Waals surface area contributed by atoms with E-state index in [4.69, 9.17) is 11.5 Å². The number of rotatable bonds is 9. The van der Waals surface area contributed by atoms with Crippen LogP contribution in [0.3, 0.4) is 0 Å². The lowest BCUT2D eigenvalue weighted by molar-refractivity contribution is -0.144. The molecule has 1 aliphatic heterocycles. The fourth-order valence-corrected chi connectivity index (χ4v) is 2.80. The van der Waals surface area contributed by atoms with Crippen molar-refractivity contribution in [1.29, 1.82) is 0 Å². The lowest BCUT2D eigenvalue weighted by Crippen LogP contribution is -2.55. The number of carboxylic acids is 1. The Morgan fingerprint density at radius 3 is 2.48 bits per heavy atom. The van der Waals surface area contributed by atoms with Crippen LogP contribution in [0.5, 0.6) is 0 Å². The second kappa shape index (κ2) is 9.36. The molecule has 0 aromatic heterocycles. The molecule has 0 aromatic rings. The van der Waals surface area contributed by atoms with Gasteiger partial charge in [0.25, 0.3) is 0 Å². The number of nitrogens with two attached hydrogens (primary N) is 2. The zero-order valence-electron chi connectivity index (χ0n) is 14.7. The Labute approximate surface area is 147 Å². The smallest absolute Gasteiger partial charge is 0.326 e.